The Balaban J connectivity index is 1.86. The van der Waals surface area contributed by atoms with Gasteiger partial charge in [0.25, 0.3) is 0 Å². The zero-order chi connectivity index (χ0) is 22.9. The van der Waals surface area contributed by atoms with Gasteiger partial charge in [-0.3, -0.25) is 4.90 Å². The lowest BCUT2D eigenvalue weighted by atomic mass is 9.99. The average Bonchev–Trinajstić information content (AvgIpc) is 2.78. The predicted octanol–water partition coefficient (Wildman–Crippen LogP) is 5.48. The maximum atomic E-state index is 9.48. The van der Waals surface area contributed by atoms with Crippen molar-refractivity contribution >= 4 is 17.3 Å². The minimum absolute atomic E-state index is 0.142. The minimum atomic E-state index is -0.525. The van der Waals surface area contributed by atoms with Crippen LogP contribution in [0.2, 0.25) is 5.02 Å². The van der Waals surface area contributed by atoms with Crippen molar-refractivity contribution in [3.05, 3.63) is 95.6 Å². The van der Waals surface area contributed by atoms with Gasteiger partial charge in [0.1, 0.15) is 12.4 Å². The molecule has 0 aromatic heterocycles. The van der Waals surface area contributed by atoms with Crippen LogP contribution in [0.4, 0.5) is 5.69 Å². The Labute approximate surface area is 197 Å². The van der Waals surface area contributed by atoms with Crippen LogP contribution in [-0.2, 0) is 6.54 Å². The van der Waals surface area contributed by atoms with Crippen molar-refractivity contribution in [3.8, 4) is 5.75 Å². The molecule has 1 aliphatic heterocycles. The number of allylic oxidation sites excluding steroid dienone is 3. The summed E-state index contributed by atoms with van der Waals surface area (Å²) in [7, 11) is 0. The van der Waals surface area contributed by atoms with Crippen LogP contribution in [0.15, 0.2) is 85.0 Å². The molecule has 1 unspecified atom stereocenters. The van der Waals surface area contributed by atoms with Gasteiger partial charge in [0.2, 0.25) is 0 Å². The zero-order valence-corrected chi connectivity index (χ0v) is 19.7. The summed E-state index contributed by atoms with van der Waals surface area (Å²) >= 11 is 6.71. The summed E-state index contributed by atoms with van der Waals surface area (Å²) in [6.45, 7) is 11.5. The van der Waals surface area contributed by atoms with Gasteiger partial charge in [-0.15, -0.1) is 0 Å². The van der Waals surface area contributed by atoms with Crippen LogP contribution in [0.3, 0.4) is 0 Å². The van der Waals surface area contributed by atoms with Crippen molar-refractivity contribution in [1.82, 2.24) is 4.90 Å². The van der Waals surface area contributed by atoms with E-state index in [1.165, 1.54) is 11.1 Å². The van der Waals surface area contributed by atoms with E-state index in [2.05, 4.69) is 64.9 Å². The molecule has 0 bridgehead atoms. The molecule has 32 heavy (non-hydrogen) atoms. The van der Waals surface area contributed by atoms with E-state index in [1.807, 2.05) is 31.2 Å². The third-order valence-electron chi connectivity index (χ3n) is 5.49. The van der Waals surface area contributed by atoms with Crippen LogP contribution in [0, 0.1) is 0 Å². The Morgan fingerprint density at radius 1 is 1.25 bits per heavy atom. The molecular formula is C27H33ClN2O2. The highest BCUT2D eigenvalue weighted by Crippen LogP contribution is 2.34. The van der Waals surface area contributed by atoms with E-state index in [9.17, 15) is 5.11 Å². The number of aliphatic hydroxyl groups is 1. The number of benzene rings is 2. The van der Waals surface area contributed by atoms with Crippen LogP contribution in [0.25, 0.3) is 0 Å². The van der Waals surface area contributed by atoms with Gasteiger partial charge in [-0.05, 0) is 37.1 Å². The quantitative estimate of drug-likeness (QED) is 0.511. The van der Waals surface area contributed by atoms with E-state index in [4.69, 9.17) is 16.3 Å². The monoisotopic (exact) mass is 452 g/mol. The fraction of sp³-hybridized carbons (Fsp3) is 0.333. The maximum absolute atomic E-state index is 9.48. The Morgan fingerprint density at radius 2 is 2.03 bits per heavy atom. The summed E-state index contributed by atoms with van der Waals surface area (Å²) in [5.41, 5.74) is 3.50. The summed E-state index contributed by atoms with van der Waals surface area (Å²) in [6, 6.07) is 16.5. The fourth-order valence-corrected chi connectivity index (χ4v) is 4.31. The highest BCUT2D eigenvalue weighted by molar-refractivity contribution is 6.33. The molecule has 4 nitrogen and oxygen atoms in total. The summed E-state index contributed by atoms with van der Waals surface area (Å²) in [4.78, 5) is 4.86. The summed E-state index contributed by atoms with van der Waals surface area (Å²) < 4.78 is 5.63. The van der Waals surface area contributed by atoms with Gasteiger partial charge in [-0.2, -0.15) is 0 Å². The lowest BCUT2D eigenvalue weighted by Gasteiger charge is -2.44. The van der Waals surface area contributed by atoms with Gasteiger partial charge in [-0.25, -0.2) is 0 Å². The summed E-state index contributed by atoms with van der Waals surface area (Å²) in [5, 5.41) is 10.1. The van der Waals surface area contributed by atoms with Gasteiger partial charge in [0, 0.05) is 32.2 Å². The van der Waals surface area contributed by atoms with Gasteiger partial charge >= 0.3 is 0 Å². The Kier molecular flexibility index (Phi) is 8.98. The molecule has 0 amide bonds. The standard InChI is InChI=1S/C27H33ClN2O2/c1-4-9-23(10-5-2)27-19-29(18-22-11-7-6-8-12-22)15-16-30(27)26-14-13-24(17-25(26)28)32-20-21(3)31/h4-14,17,21,27,31H,1,15-16,18-20H2,2-3H3/b10-5-,23-9+/t21?,27-/m0/s1. The topological polar surface area (TPSA) is 35.9 Å². The van der Waals surface area contributed by atoms with E-state index in [-0.39, 0.29) is 12.6 Å². The van der Waals surface area contributed by atoms with E-state index in [1.54, 1.807) is 6.92 Å². The molecule has 0 saturated carbocycles. The number of nitrogens with zero attached hydrogens (tertiary/aromatic N) is 2. The van der Waals surface area contributed by atoms with Crippen molar-refractivity contribution in [1.29, 1.82) is 0 Å². The van der Waals surface area contributed by atoms with Gasteiger partial charge in [-0.1, -0.05) is 72.8 Å². The third-order valence-corrected chi connectivity index (χ3v) is 5.79. The van der Waals surface area contributed by atoms with Gasteiger partial charge in [0.15, 0.2) is 0 Å². The number of hydrogen-bond acceptors (Lipinski definition) is 4. The normalized spacial score (nSPS) is 18.7. The molecule has 1 aliphatic rings. The number of hydrogen-bond donors (Lipinski definition) is 1. The fourth-order valence-electron chi connectivity index (χ4n) is 4.03. The smallest absolute Gasteiger partial charge is 0.121 e. The molecule has 2 aromatic rings. The molecule has 1 saturated heterocycles. The Bertz CT molecular complexity index is 940. The number of rotatable bonds is 9. The van der Waals surface area contributed by atoms with Gasteiger partial charge in [0.05, 0.1) is 22.9 Å². The highest BCUT2D eigenvalue weighted by Gasteiger charge is 2.30. The predicted molar refractivity (Wildman–Crippen MR) is 135 cm³/mol. The molecule has 170 valence electrons. The molecule has 0 radical (unpaired) electrons. The first-order valence-corrected chi connectivity index (χ1v) is 11.5. The molecule has 2 atom stereocenters. The molecule has 0 spiro atoms. The van der Waals surface area contributed by atoms with Crippen molar-refractivity contribution in [2.45, 2.75) is 32.5 Å². The molecule has 2 aromatic carbocycles. The number of halogens is 1. The van der Waals surface area contributed by atoms with Crippen LogP contribution >= 0.6 is 11.6 Å². The average molecular weight is 453 g/mol. The second kappa shape index (κ2) is 11.9. The van der Waals surface area contributed by atoms with Crippen molar-refractivity contribution in [3.63, 3.8) is 0 Å². The van der Waals surface area contributed by atoms with Crippen LogP contribution in [0.5, 0.6) is 5.75 Å². The summed E-state index contributed by atoms with van der Waals surface area (Å²) in [6.07, 6.45) is 7.62. The van der Waals surface area contributed by atoms with E-state index in [0.717, 1.165) is 31.9 Å². The zero-order valence-electron chi connectivity index (χ0n) is 19.0. The number of aliphatic hydroxyl groups excluding tert-OH is 1. The Hall–Kier alpha value is -2.53. The number of ether oxygens (including phenoxy) is 1. The van der Waals surface area contributed by atoms with E-state index in [0.29, 0.717) is 10.8 Å². The number of anilines is 1. The van der Waals surface area contributed by atoms with Crippen molar-refractivity contribution < 1.29 is 9.84 Å². The molecule has 1 fully saturated rings. The number of piperazine rings is 1. The second-order valence-corrected chi connectivity index (χ2v) is 8.51. The molecule has 0 aliphatic carbocycles. The summed E-state index contributed by atoms with van der Waals surface area (Å²) in [5.74, 6) is 0.661. The Morgan fingerprint density at radius 3 is 2.69 bits per heavy atom. The van der Waals surface area contributed by atoms with E-state index < -0.39 is 6.10 Å². The van der Waals surface area contributed by atoms with E-state index >= 15 is 0 Å². The van der Waals surface area contributed by atoms with Crippen LogP contribution in [0.1, 0.15) is 19.4 Å². The lowest BCUT2D eigenvalue weighted by Crippen LogP contribution is -2.53. The van der Waals surface area contributed by atoms with Crippen molar-refractivity contribution in [2.75, 3.05) is 31.1 Å². The molecule has 5 heteroatoms. The molecule has 1 N–H and O–H groups in total. The van der Waals surface area contributed by atoms with Crippen LogP contribution < -0.4 is 9.64 Å². The van der Waals surface area contributed by atoms with Crippen molar-refractivity contribution in [2.24, 2.45) is 0 Å². The third kappa shape index (κ3) is 6.49. The first-order chi connectivity index (χ1) is 15.5. The SMILES string of the molecule is C=C/C=C(\C=C/C)[C@@H]1CN(Cc2ccccc2)CCN1c1ccc(OCC(C)O)cc1Cl. The minimum Gasteiger partial charge on any atom is -0.491 e. The lowest BCUT2D eigenvalue weighted by molar-refractivity contribution is 0.123. The highest BCUT2D eigenvalue weighted by atomic mass is 35.5. The first-order valence-electron chi connectivity index (χ1n) is 11.1. The molecule has 3 rings (SSSR count). The largest absolute Gasteiger partial charge is 0.491 e. The first kappa shape index (κ1) is 24.1. The second-order valence-electron chi connectivity index (χ2n) is 8.11. The van der Waals surface area contributed by atoms with Crippen LogP contribution in [-0.4, -0.2) is 48.4 Å². The molecule has 1 heterocycles. The maximum Gasteiger partial charge on any atom is 0.121 e. The van der Waals surface area contributed by atoms with Gasteiger partial charge < -0.3 is 14.7 Å². The molecular weight excluding hydrogens is 420 g/mol.